The molecule has 0 aliphatic heterocycles. The molecule has 1 amide bonds. The van der Waals surface area contributed by atoms with Gasteiger partial charge in [-0.1, -0.05) is 49.2 Å². The van der Waals surface area contributed by atoms with Crippen LogP contribution in [0.1, 0.15) is 36.9 Å². The van der Waals surface area contributed by atoms with Gasteiger partial charge < -0.3 is 5.73 Å². The van der Waals surface area contributed by atoms with Crippen LogP contribution in [-0.4, -0.2) is 20.7 Å². The van der Waals surface area contributed by atoms with Crippen molar-refractivity contribution in [2.75, 3.05) is 0 Å². The summed E-state index contributed by atoms with van der Waals surface area (Å²) in [5.41, 5.74) is 9.13. The number of nitriles is 1. The second-order valence-corrected chi connectivity index (χ2v) is 7.69. The van der Waals surface area contributed by atoms with Crippen molar-refractivity contribution in [1.82, 2.24) is 14.8 Å². The lowest BCUT2D eigenvalue weighted by atomic mass is 9.69. The van der Waals surface area contributed by atoms with E-state index in [0.29, 0.717) is 11.3 Å². The highest BCUT2D eigenvalue weighted by molar-refractivity contribution is 6.05. The van der Waals surface area contributed by atoms with Gasteiger partial charge in [-0.25, -0.2) is 4.98 Å². The number of nitrogens with zero attached hydrogens (tertiary/aromatic N) is 4. The standard InChI is InChI=1S/C24H23N5O/c1-29-16-17(15-27-29)20-10-7-11-21(28-20)22(19(14-25)23(26)30)24(12-5-6-13-24)18-8-3-2-4-9-18/h2-4,7-11,15-16H,5-6,12-13H2,1H3,(H2,26,30). The van der Waals surface area contributed by atoms with Gasteiger partial charge in [-0.15, -0.1) is 0 Å². The highest BCUT2D eigenvalue weighted by Gasteiger charge is 2.42. The zero-order chi connectivity index (χ0) is 21.1. The number of rotatable bonds is 5. The molecule has 2 aromatic heterocycles. The van der Waals surface area contributed by atoms with Crippen molar-refractivity contribution in [3.05, 3.63) is 77.8 Å². The van der Waals surface area contributed by atoms with Crippen molar-refractivity contribution < 1.29 is 4.79 Å². The van der Waals surface area contributed by atoms with E-state index in [1.807, 2.05) is 49.6 Å². The summed E-state index contributed by atoms with van der Waals surface area (Å²) in [6.07, 6.45) is 7.33. The average Bonchev–Trinajstić information content (AvgIpc) is 3.42. The van der Waals surface area contributed by atoms with E-state index in [1.165, 1.54) is 0 Å². The van der Waals surface area contributed by atoms with Crippen molar-refractivity contribution in [3.63, 3.8) is 0 Å². The number of aromatic nitrogens is 3. The molecule has 150 valence electrons. The van der Waals surface area contributed by atoms with Crippen LogP contribution in [0.4, 0.5) is 0 Å². The van der Waals surface area contributed by atoms with Gasteiger partial charge in [0.25, 0.3) is 5.91 Å². The minimum absolute atomic E-state index is 0.0170. The number of primary amides is 1. The third-order valence-corrected chi connectivity index (χ3v) is 5.88. The predicted octanol–water partition coefficient (Wildman–Crippen LogP) is 3.76. The molecule has 0 atom stereocenters. The smallest absolute Gasteiger partial charge is 0.259 e. The van der Waals surface area contributed by atoms with E-state index in [4.69, 9.17) is 10.7 Å². The number of carbonyl (C=O) groups excluding carboxylic acids is 1. The number of hydrogen-bond donors (Lipinski definition) is 1. The number of hydrogen-bond acceptors (Lipinski definition) is 4. The van der Waals surface area contributed by atoms with Crippen molar-refractivity contribution in [3.8, 4) is 17.3 Å². The molecule has 2 heterocycles. The largest absolute Gasteiger partial charge is 0.365 e. The highest BCUT2D eigenvalue weighted by atomic mass is 16.1. The molecule has 2 N–H and O–H groups in total. The maximum absolute atomic E-state index is 12.3. The summed E-state index contributed by atoms with van der Waals surface area (Å²) in [6.45, 7) is 0. The van der Waals surface area contributed by atoms with Crippen LogP contribution < -0.4 is 5.73 Å². The molecule has 6 heteroatoms. The zero-order valence-electron chi connectivity index (χ0n) is 16.9. The van der Waals surface area contributed by atoms with E-state index >= 15 is 0 Å². The normalized spacial score (nSPS) is 16.0. The Labute approximate surface area is 175 Å². The van der Waals surface area contributed by atoms with E-state index in [9.17, 15) is 10.1 Å². The van der Waals surface area contributed by atoms with Crippen molar-refractivity contribution in [2.24, 2.45) is 12.8 Å². The first-order valence-electron chi connectivity index (χ1n) is 10.0. The summed E-state index contributed by atoms with van der Waals surface area (Å²) in [6, 6.07) is 17.8. The Balaban J connectivity index is 1.97. The van der Waals surface area contributed by atoms with Crippen LogP contribution in [0, 0.1) is 11.3 Å². The van der Waals surface area contributed by atoms with Gasteiger partial charge in [0, 0.05) is 29.8 Å². The van der Waals surface area contributed by atoms with Gasteiger partial charge in [-0.3, -0.25) is 9.48 Å². The lowest BCUT2D eigenvalue weighted by Crippen LogP contribution is -2.29. The molecule has 1 aliphatic rings. The van der Waals surface area contributed by atoms with Crippen molar-refractivity contribution in [1.29, 1.82) is 5.26 Å². The molecule has 4 rings (SSSR count). The monoisotopic (exact) mass is 397 g/mol. The number of aryl methyl sites for hydroxylation is 1. The number of carbonyl (C=O) groups is 1. The number of benzene rings is 1. The number of nitrogens with two attached hydrogens (primary N) is 1. The van der Waals surface area contributed by atoms with Gasteiger partial charge in [0.2, 0.25) is 0 Å². The Kier molecular flexibility index (Phi) is 5.20. The molecule has 6 nitrogen and oxygen atoms in total. The van der Waals surface area contributed by atoms with Gasteiger partial charge in [-0.2, -0.15) is 10.4 Å². The molecule has 0 spiro atoms. The summed E-state index contributed by atoms with van der Waals surface area (Å²) in [5.74, 6) is -0.719. The first-order chi connectivity index (χ1) is 14.5. The maximum Gasteiger partial charge on any atom is 0.259 e. The van der Waals surface area contributed by atoms with Crippen LogP contribution in [0.3, 0.4) is 0 Å². The summed E-state index contributed by atoms with van der Waals surface area (Å²) >= 11 is 0. The maximum atomic E-state index is 12.3. The lowest BCUT2D eigenvalue weighted by Gasteiger charge is -2.33. The first kappa shape index (κ1) is 19.6. The second-order valence-electron chi connectivity index (χ2n) is 7.69. The zero-order valence-corrected chi connectivity index (χ0v) is 16.9. The van der Waals surface area contributed by atoms with Gasteiger partial charge >= 0.3 is 0 Å². The third-order valence-electron chi connectivity index (χ3n) is 5.88. The van der Waals surface area contributed by atoms with Gasteiger partial charge in [-0.05, 0) is 30.5 Å². The van der Waals surface area contributed by atoms with E-state index in [0.717, 1.165) is 42.5 Å². The Morgan fingerprint density at radius 3 is 2.47 bits per heavy atom. The molecule has 0 saturated heterocycles. The molecule has 30 heavy (non-hydrogen) atoms. The number of allylic oxidation sites excluding steroid dienone is 1. The molecule has 3 aromatic rings. The summed E-state index contributed by atoms with van der Waals surface area (Å²) in [7, 11) is 1.85. The van der Waals surface area contributed by atoms with Gasteiger partial charge in [0.1, 0.15) is 11.6 Å². The van der Waals surface area contributed by atoms with Crippen molar-refractivity contribution in [2.45, 2.75) is 31.1 Å². The molecule has 0 radical (unpaired) electrons. The predicted molar refractivity (Wildman–Crippen MR) is 115 cm³/mol. The topological polar surface area (TPSA) is 97.6 Å². The minimum atomic E-state index is -0.719. The molecular weight excluding hydrogens is 374 g/mol. The molecule has 1 saturated carbocycles. The Morgan fingerprint density at radius 1 is 1.13 bits per heavy atom. The van der Waals surface area contributed by atoms with Crippen LogP contribution in [0.5, 0.6) is 0 Å². The average molecular weight is 397 g/mol. The molecule has 1 aromatic carbocycles. The quantitative estimate of drug-likeness (QED) is 0.523. The summed E-state index contributed by atoms with van der Waals surface area (Å²) in [5, 5.41) is 14.1. The summed E-state index contributed by atoms with van der Waals surface area (Å²) < 4.78 is 1.72. The van der Waals surface area contributed by atoms with E-state index in [2.05, 4.69) is 23.3 Å². The van der Waals surface area contributed by atoms with Crippen LogP contribution >= 0.6 is 0 Å². The molecule has 1 fully saturated rings. The molecular formula is C24H23N5O. The Hall–Kier alpha value is -3.72. The van der Waals surface area contributed by atoms with Gasteiger partial charge in [0.05, 0.1) is 17.6 Å². The minimum Gasteiger partial charge on any atom is -0.365 e. The Bertz CT molecular complexity index is 1150. The van der Waals surface area contributed by atoms with Crippen molar-refractivity contribution >= 4 is 11.5 Å². The first-order valence-corrected chi connectivity index (χ1v) is 10.0. The molecule has 1 aliphatic carbocycles. The lowest BCUT2D eigenvalue weighted by molar-refractivity contribution is -0.114. The fourth-order valence-electron chi connectivity index (χ4n) is 4.55. The van der Waals surface area contributed by atoms with E-state index in [-0.39, 0.29) is 5.57 Å². The number of amides is 1. The third kappa shape index (κ3) is 3.39. The van der Waals surface area contributed by atoms with Crippen LogP contribution in [-0.2, 0) is 17.3 Å². The van der Waals surface area contributed by atoms with Crippen LogP contribution in [0.2, 0.25) is 0 Å². The summed E-state index contributed by atoms with van der Waals surface area (Å²) in [4.78, 5) is 17.2. The van der Waals surface area contributed by atoms with E-state index in [1.54, 1.807) is 10.9 Å². The SMILES string of the molecule is Cn1cc(-c2cccc(C(=C(C#N)C(N)=O)C3(c4ccccc4)CCCC3)n2)cn1. The van der Waals surface area contributed by atoms with Crippen LogP contribution in [0.25, 0.3) is 16.8 Å². The highest BCUT2D eigenvalue weighted by Crippen LogP contribution is 2.51. The second kappa shape index (κ2) is 7.96. The fraction of sp³-hybridized carbons (Fsp3) is 0.250. The number of pyridine rings is 1. The van der Waals surface area contributed by atoms with Gasteiger partial charge in [0.15, 0.2) is 0 Å². The molecule has 0 bridgehead atoms. The fourth-order valence-corrected chi connectivity index (χ4v) is 4.55. The molecule has 0 unspecified atom stereocenters. The van der Waals surface area contributed by atoms with E-state index < -0.39 is 11.3 Å². The van der Waals surface area contributed by atoms with Crippen LogP contribution in [0.15, 0.2) is 66.5 Å². The Morgan fingerprint density at radius 2 is 1.87 bits per heavy atom.